The van der Waals surface area contributed by atoms with Crippen LogP contribution in [0.5, 0.6) is 0 Å². The number of nitrogens with zero attached hydrogens (tertiary/aromatic N) is 1. The van der Waals surface area contributed by atoms with E-state index in [4.69, 9.17) is 11.6 Å². The second-order valence-electron chi connectivity index (χ2n) is 4.04. The van der Waals surface area contributed by atoms with Crippen LogP contribution in [0.2, 0.25) is 5.02 Å². The van der Waals surface area contributed by atoms with Gasteiger partial charge in [-0.15, -0.1) is 12.4 Å². The minimum Gasteiger partial charge on any atom is -0.252 e. The first kappa shape index (κ1) is 16.1. The van der Waals surface area contributed by atoms with E-state index in [-0.39, 0.29) is 17.9 Å². The van der Waals surface area contributed by atoms with Crippen LogP contribution in [-0.2, 0) is 12.6 Å². The number of hydrogen-bond donors (Lipinski definition) is 0. The van der Waals surface area contributed by atoms with Gasteiger partial charge in [0, 0.05) is 11.1 Å². The first-order valence-corrected chi connectivity index (χ1v) is 5.96. The lowest BCUT2D eigenvalue weighted by Gasteiger charge is -2.11. The van der Waals surface area contributed by atoms with Gasteiger partial charge in [0.15, 0.2) is 0 Å². The smallest absolute Gasteiger partial charge is 0.252 e. The van der Waals surface area contributed by atoms with Gasteiger partial charge in [-0.05, 0) is 18.6 Å². The fourth-order valence-corrected chi connectivity index (χ4v) is 2.15. The van der Waals surface area contributed by atoms with Crippen LogP contribution in [0.1, 0.15) is 24.6 Å². The molecule has 1 aromatic heterocycles. The van der Waals surface area contributed by atoms with Crippen molar-refractivity contribution >= 4 is 34.9 Å². The van der Waals surface area contributed by atoms with Gasteiger partial charge < -0.3 is 0 Å². The average Bonchev–Trinajstić information content (AvgIpc) is 2.27. The molecule has 0 fully saturated rings. The molecule has 0 atom stereocenters. The van der Waals surface area contributed by atoms with Gasteiger partial charge in [0.1, 0.15) is 0 Å². The number of fused-ring (bicyclic) bond motifs is 1. The molecule has 0 saturated heterocycles. The topological polar surface area (TPSA) is 12.9 Å². The second kappa shape index (κ2) is 5.97. The van der Waals surface area contributed by atoms with Gasteiger partial charge in [0.2, 0.25) is 0 Å². The number of alkyl halides is 3. The van der Waals surface area contributed by atoms with Gasteiger partial charge in [0.25, 0.3) is 0 Å². The number of para-hydroxylation sites is 1. The van der Waals surface area contributed by atoms with Crippen molar-refractivity contribution in [2.24, 2.45) is 0 Å². The van der Waals surface area contributed by atoms with Crippen molar-refractivity contribution < 1.29 is 13.2 Å². The van der Waals surface area contributed by atoms with Crippen molar-refractivity contribution in [3.8, 4) is 0 Å². The molecule has 0 unspecified atom stereocenters. The largest absolute Gasteiger partial charge is 0.418 e. The summed E-state index contributed by atoms with van der Waals surface area (Å²) in [4.78, 5) is 4.09. The van der Waals surface area contributed by atoms with Crippen molar-refractivity contribution in [2.75, 3.05) is 0 Å². The Labute approximate surface area is 120 Å². The molecule has 0 saturated carbocycles. The quantitative estimate of drug-likeness (QED) is 0.735. The molecule has 1 aromatic carbocycles. The number of aromatic nitrogens is 1. The van der Waals surface area contributed by atoms with Crippen molar-refractivity contribution in [2.45, 2.75) is 25.9 Å². The van der Waals surface area contributed by atoms with E-state index in [0.717, 1.165) is 12.5 Å². The van der Waals surface area contributed by atoms with E-state index in [1.165, 1.54) is 6.07 Å². The Morgan fingerprint density at radius 2 is 1.95 bits per heavy atom. The molecule has 6 heteroatoms. The van der Waals surface area contributed by atoms with E-state index in [0.29, 0.717) is 22.5 Å². The Bertz CT molecular complexity index is 582. The van der Waals surface area contributed by atoms with Crippen LogP contribution in [0.25, 0.3) is 10.9 Å². The molecule has 0 N–H and O–H groups in total. The highest BCUT2D eigenvalue weighted by atomic mass is 35.5. The lowest BCUT2D eigenvalue weighted by Crippen LogP contribution is -2.07. The zero-order valence-electron chi connectivity index (χ0n) is 10.1. The van der Waals surface area contributed by atoms with E-state index in [1.807, 2.05) is 6.92 Å². The standard InChI is InChI=1S/C13H11ClF3N.ClH/c1-2-4-8-7-11(14)9-5-3-6-10(12(9)18-8)13(15,16)17;/h3,5-7H,2,4H2,1H3;1H. The van der Waals surface area contributed by atoms with Crippen molar-refractivity contribution in [3.05, 3.63) is 40.5 Å². The van der Waals surface area contributed by atoms with Crippen molar-refractivity contribution in [1.29, 1.82) is 0 Å². The Morgan fingerprint density at radius 3 is 2.53 bits per heavy atom. The molecule has 0 radical (unpaired) electrons. The summed E-state index contributed by atoms with van der Waals surface area (Å²) in [5, 5.41) is 0.654. The predicted molar refractivity (Wildman–Crippen MR) is 73.0 cm³/mol. The fourth-order valence-electron chi connectivity index (χ4n) is 1.87. The first-order chi connectivity index (χ1) is 8.43. The molecule has 2 aromatic rings. The lowest BCUT2D eigenvalue weighted by atomic mass is 10.1. The molecule has 0 aliphatic heterocycles. The molecule has 104 valence electrons. The molecule has 0 amide bonds. The van der Waals surface area contributed by atoms with Crippen LogP contribution in [0.15, 0.2) is 24.3 Å². The number of hydrogen-bond acceptors (Lipinski definition) is 1. The molecule has 19 heavy (non-hydrogen) atoms. The molecule has 2 rings (SSSR count). The zero-order chi connectivity index (χ0) is 13.3. The predicted octanol–water partition coefficient (Wildman–Crippen LogP) is 5.28. The van der Waals surface area contributed by atoms with Gasteiger partial charge in [-0.25, -0.2) is 0 Å². The summed E-state index contributed by atoms with van der Waals surface area (Å²) >= 11 is 6.01. The van der Waals surface area contributed by atoms with Crippen LogP contribution >= 0.6 is 24.0 Å². The molecule has 0 aliphatic rings. The Kier molecular flexibility index (Phi) is 5.04. The minimum absolute atomic E-state index is 0. The number of halogens is 5. The molecular weight excluding hydrogens is 298 g/mol. The maximum atomic E-state index is 12.9. The van der Waals surface area contributed by atoms with Crippen molar-refractivity contribution in [3.63, 3.8) is 0 Å². The van der Waals surface area contributed by atoms with Gasteiger partial charge in [-0.1, -0.05) is 37.1 Å². The van der Waals surface area contributed by atoms with E-state index in [9.17, 15) is 13.2 Å². The third kappa shape index (κ3) is 3.31. The average molecular weight is 310 g/mol. The monoisotopic (exact) mass is 309 g/mol. The molecule has 1 nitrogen and oxygen atoms in total. The minimum atomic E-state index is -4.42. The SMILES string of the molecule is CCCc1cc(Cl)c2cccc(C(F)(F)F)c2n1.Cl. The number of pyridine rings is 1. The van der Waals surface area contributed by atoms with Crippen LogP contribution < -0.4 is 0 Å². The summed E-state index contributed by atoms with van der Waals surface area (Å²) in [5.41, 5.74) is -0.215. The second-order valence-corrected chi connectivity index (χ2v) is 4.45. The van der Waals surface area contributed by atoms with E-state index < -0.39 is 11.7 Å². The molecule has 0 spiro atoms. The van der Waals surface area contributed by atoms with Gasteiger partial charge >= 0.3 is 6.18 Å². The molecule has 0 bridgehead atoms. The Hall–Kier alpha value is -1.00. The highest BCUT2D eigenvalue weighted by Crippen LogP contribution is 2.36. The summed E-state index contributed by atoms with van der Waals surface area (Å²) in [5.74, 6) is 0. The summed E-state index contributed by atoms with van der Waals surface area (Å²) in [6.45, 7) is 1.94. The maximum absolute atomic E-state index is 12.9. The molecular formula is C13H12Cl2F3N. The van der Waals surface area contributed by atoms with Gasteiger partial charge in [-0.2, -0.15) is 13.2 Å². The third-order valence-electron chi connectivity index (χ3n) is 2.65. The number of benzene rings is 1. The van der Waals surface area contributed by atoms with Crippen LogP contribution in [0, 0.1) is 0 Å². The van der Waals surface area contributed by atoms with Crippen LogP contribution in [-0.4, -0.2) is 4.98 Å². The number of rotatable bonds is 2. The maximum Gasteiger partial charge on any atom is 0.418 e. The lowest BCUT2D eigenvalue weighted by molar-refractivity contribution is -0.136. The normalized spacial score (nSPS) is 11.4. The summed E-state index contributed by atoms with van der Waals surface area (Å²) in [7, 11) is 0. The van der Waals surface area contributed by atoms with Crippen LogP contribution in [0.3, 0.4) is 0 Å². The highest BCUT2D eigenvalue weighted by Gasteiger charge is 2.33. The van der Waals surface area contributed by atoms with E-state index in [1.54, 1.807) is 12.1 Å². The summed E-state index contributed by atoms with van der Waals surface area (Å²) in [6.07, 6.45) is -2.99. The summed E-state index contributed by atoms with van der Waals surface area (Å²) in [6, 6.07) is 5.56. The molecule has 1 heterocycles. The van der Waals surface area contributed by atoms with E-state index in [2.05, 4.69) is 4.98 Å². The third-order valence-corrected chi connectivity index (χ3v) is 2.97. The number of aryl methyl sites for hydroxylation is 1. The van der Waals surface area contributed by atoms with Crippen molar-refractivity contribution in [1.82, 2.24) is 4.98 Å². The Balaban J connectivity index is 0.00000180. The van der Waals surface area contributed by atoms with E-state index >= 15 is 0 Å². The Morgan fingerprint density at radius 1 is 1.26 bits per heavy atom. The first-order valence-electron chi connectivity index (χ1n) is 5.59. The molecule has 0 aliphatic carbocycles. The zero-order valence-corrected chi connectivity index (χ0v) is 11.7. The van der Waals surface area contributed by atoms with Gasteiger partial charge in [0.05, 0.1) is 16.1 Å². The summed E-state index contributed by atoms with van der Waals surface area (Å²) < 4.78 is 38.7. The van der Waals surface area contributed by atoms with Gasteiger partial charge in [-0.3, -0.25) is 4.98 Å². The fraction of sp³-hybridized carbons (Fsp3) is 0.308. The van der Waals surface area contributed by atoms with Crippen LogP contribution in [0.4, 0.5) is 13.2 Å². The highest BCUT2D eigenvalue weighted by molar-refractivity contribution is 6.35.